The van der Waals surface area contributed by atoms with Crippen LogP contribution in [0.3, 0.4) is 0 Å². The lowest BCUT2D eigenvalue weighted by Crippen LogP contribution is -2.14. The van der Waals surface area contributed by atoms with Crippen molar-refractivity contribution in [2.45, 2.75) is 26.0 Å². The Balaban J connectivity index is 2.58. The van der Waals surface area contributed by atoms with Crippen molar-refractivity contribution < 1.29 is 13.9 Å². The van der Waals surface area contributed by atoms with Crippen LogP contribution in [-0.2, 0) is 0 Å². The second-order valence-electron chi connectivity index (χ2n) is 4.60. The molecular formula is C13H12BrClF2N2O. The summed E-state index contributed by atoms with van der Waals surface area (Å²) in [6.45, 7) is 3.65. The van der Waals surface area contributed by atoms with Crippen LogP contribution in [0, 0.1) is 11.6 Å². The molecule has 1 aromatic heterocycles. The summed E-state index contributed by atoms with van der Waals surface area (Å²) in [5.74, 6) is -1.70. The van der Waals surface area contributed by atoms with Crippen LogP contribution >= 0.6 is 27.5 Å². The Morgan fingerprint density at radius 2 is 1.85 bits per heavy atom. The highest BCUT2D eigenvalue weighted by atomic mass is 79.9. The fourth-order valence-electron chi connectivity index (χ4n) is 1.97. The summed E-state index contributed by atoms with van der Waals surface area (Å²) in [5, 5.41) is 14.5. The zero-order valence-electron chi connectivity index (χ0n) is 10.7. The van der Waals surface area contributed by atoms with Gasteiger partial charge in [-0.05, 0) is 26.0 Å². The van der Waals surface area contributed by atoms with E-state index < -0.39 is 23.3 Å². The maximum Gasteiger partial charge on any atom is 0.133 e. The minimum atomic E-state index is -1.53. The van der Waals surface area contributed by atoms with Crippen molar-refractivity contribution in [1.29, 1.82) is 0 Å². The van der Waals surface area contributed by atoms with E-state index in [0.29, 0.717) is 0 Å². The second kappa shape index (κ2) is 5.79. The van der Waals surface area contributed by atoms with E-state index in [9.17, 15) is 13.9 Å². The molecule has 2 aromatic rings. The standard InChI is InChI=1S/C13H12BrClF2N2O/c1-6(2)19-12(8(15)5-18-19)13(20)11-9(16)3-7(14)4-10(11)17/h3-6,13,20H,1-2H3. The third-order valence-electron chi connectivity index (χ3n) is 2.85. The van der Waals surface area contributed by atoms with Crippen molar-refractivity contribution in [3.8, 4) is 0 Å². The van der Waals surface area contributed by atoms with E-state index in [1.165, 1.54) is 10.9 Å². The first-order valence-corrected chi connectivity index (χ1v) is 7.05. The third kappa shape index (κ3) is 2.73. The molecule has 1 heterocycles. The molecule has 0 fully saturated rings. The average molecular weight is 366 g/mol. The quantitative estimate of drug-likeness (QED) is 0.883. The van der Waals surface area contributed by atoms with E-state index in [1.807, 2.05) is 13.8 Å². The number of aliphatic hydroxyl groups excluding tert-OH is 1. The largest absolute Gasteiger partial charge is 0.382 e. The van der Waals surface area contributed by atoms with Gasteiger partial charge in [-0.25, -0.2) is 8.78 Å². The summed E-state index contributed by atoms with van der Waals surface area (Å²) in [5.41, 5.74) is -0.278. The van der Waals surface area contributed by atoms with E-state index >= 15 is 0 Å². The van der Waals surface area contributed by atoms with Crippen LogP contribution in [0.4, 0.5) is 8.78 Å². The molecule has 0 radical (unpaired) electrons. The van der Waals surface area contributed by atoms with Crippen molar-refractivity contribution in [3.63, 3.8) is 0 Å². The molecule has 0 spiro atoms. The van der Waals surface area contributed by atoms with Crippen molar-refractivity contribution in [2.75, 3.05) is 0 Å². The molecule has 1 unspecified atom stereocenters. The van der Waals surface area contributed by atoms with Gasteiger partial charge in [0, 0.05) is 10.5 Å². The lowest BCUT2D eigenvalue weighted by Gasteiger charge is -2.18. The fourth-order valence-corrected chi connectivity index (χ4v) is 2.60. The summed E-state index contributed by atoms with van der Waals surface area (Å²) < 4.78 is 29.5. The normalized spacial score (nSPS) is 13.0. The van der Waals surface area contributed by atoms with Gasteiger partial charge in [0.05, 0.1) is 22.5 Å². The molecule has 0 aliphatic rings. The van der Waals surface area contributed by atoms with Gasteiger partial charge in [-0.15, -0.1) is 0 Å². The van der Waals surface area contributed by atoms with Crippen LogP contribution in [-0.4, -0.2) is 14.9 Å². The number of aliphatic hydroxyl groups is 1. The molecule has 0 saturated carbocycles. The summed E-state index contributed by atoms with van der Waals surface area (Å²) in [6.07, 6.45) is -0.185. The van der Waals surface area contributed by atoms with Crippen LogP contribution in [0.2, 0.25) is 5.02 Å². The van der Waals surface area contributed by atoms with E-state index in [0.717, 1.165) is 12.1 Å². The minimum Gasteiger partial charge on any atom is -0.382 e. The summed E-state index contributed by atoms with van der Waals surface area (Å²) in [7, 11) is 0. The van der Waals surface area contributed by atoms with Crippen LogP contribution in [0.5, 0.6) is 0 Å². The zero-order valence-corrected chi connectivity index (χ0v) is 13.1. The Kier molecular flexibility index (Phi) is 4.46. The fraction of sp³-hybridized carbons (Fsp3) is 0.308. The van der Waals surface area contributed by atoms with E-state index in [2.05, 4.69) is 21.0 Å². The van der Waals surface area contributed by atoms with Crippen LogP contribution < -0.4 is 0 Å². The van der Waals surface area contributed by atoms with Gasteiger partial charge < -0.3 is 5.11 Å². The first kappa shape index (κ1) is 15.4. The van der Waals surface area contributed by atoms with Crippen LogP contribution in [0.15, 0.2) is 22.8 Å². The number of hydrogen-bond donors (Lipinski definition) is 1. The lowest BCUT2D eigenvalue weighted by atomic mass is 10.0. The molecule has 1 N–H and O–H groups in total. The minimum absolute atomic E-state index is 0.103. The van der Waals surface area contributed by atoms with E-state index in [-0.39, 0.29) is 21.2 Å². The predicted molar refractivity (Wildman–Crippen MR) is 75.7 cm³/mol. The zero-order chi connectivity index (χ0) is 15.0. The average Bonchev–Trinajstić information content (AvgIpc) is 2.69. The SMILES string of the molecule is CC(C)n1ncc(Cl)c1C(O)c1c(F)cc(Br)cc1F. The molecule has 0 bridgehead atoms. The second-order valence-corrected chi connectivity index (χ2v) is 5.92. The van der Waals surface area contributed by atoms with Crippen molar-refractivity contribution in [3.05, 3.63) is 50.7 Å². The number of rotatable bonds is 3. The highest BCUT2D eigenvalue weighted by Crippen LogP contribution is 2.33. The van der Waals surface area contributed by atoms with Crippen LogP contribution in [0.25, 0.3) is 0 Å². The third-order valence-corrected chi connectivity index (χ3v) is 3.60. The molecule has 20 heavy (non-hydrogen) atoms. The molecule has 0 aliphatic heterocycles. The van der Waals surface area contributed by atoms with Gasteiger partial charge >= 0.3 is 0 Å². The molecule has 3 nitrogen and oxygen atoms in total. The summed E-state index contributed by atoms with van der Waals surface area (Å²) in [4.78, 5) is 0. The molecule has 0 aliphatic carbocycles. The van der Waals surface area contributed by atoms with E-state index in [4.69, 9.17) is 11.6 Å². The Labute approximate surface area is 128 Å². The van der Waals surface area contributed by atoms with Gasteiger partial charge in [0.15, 0.2) is 0 Å². The maximum atomic E-state index is 13.9. The molecule has 0 saturated heterocycles. The van der Waals surface area contributed by atoms with Crippen LogP contribution in [0.1, 0.15) is 37.3 Å². The highest BCUT2D eigenvalue weighted by Gasteiger charge is 2.26. The number of halogens is 4. The molecular weight excluding hydrogens is 354 g/mol. The van der Waals surface area contributed by atoms with Gasteiger partial charge in [0.25, 0.3) is 0 Å². The molecule has 2 rings (SSSR count). The van der Waals surface area contributed by atoms with E-state index in [1.54, 1.807) is 0 Å². The Morgan fingerprint density at radius 1 is 1.30 bits per heavy atom. The summed E-state index contributed by atoms with van der Waals surface area (Å²) >= 11 is 8.96. The van der Waals surface area contributed by atoms with Crippen molar-refractivity contribution in [2.24, 2.45) is 0 Å². The lowest BCUT2D eigenvalue weighted by molar-refractivity contribution is 0.194. The molecule has 108 valence electrons. The van der Waals surface area contributed by atoms with Gasteiger partial charge in [-0.3, -0.25) is 4.68 Å². The molecule has 0 amide bonds. The monoisotopic (exact) mass is 364 g/mol. The topological polar surface area (TPSA) is 38.0 Å². The number of hydrogen-bond acceptors (Lipinski definition) is 2. The first-order valence-electron chi connectivity index (χ1n) is 5.88. The van der Waals surface area contributed by atoms with Gasteiger partial charge in [0.2, 0.25) is 0 Å². The number of benzene rings is 1. The smallest absolute Gasteiger partial charge is 0.133 e. The molecule has 1 aromatic carbocycles. The number of aromatic nitrogens is 2. The summed E-state index contributed by atoms with van der Waals surface area (Å²) in [6, 6.07) is 2.07. The van der Waals surface area contributed by atoms with Gasteiger partial charge in [0.1, 0.15) is 17.7 Å². The highest BCUT2D eigenvalue weighted by molar-refractivity contribution is 9.10. The molecule has 1 atom stereocenters. The van der Waals surface area contributed by atoms with Gasteiger partial charge in [-0.1, -0.05) is 27.5 Å². The Bertz CT molecular complexity index is 622. The van der Waals surface area contributed by atoms with Crippen molar-refractivity contribution in [1.82, 2.24) is 9.78 Å². The number of nitrogens with zero attached hydrogens (tertiary/aromatic N) is 2. The van der Waals surface area contributed by atoms with Gasteiger partial charge in [-0.2, -0.15) is 5.10 Å². The maximum absolute atomic E-state index is 13.9. The Hall–Kier alpha value is -0.980. The first-order chi connectivity index (χ1) is 9.32. The van der Waals surface area contributed by atoms with Crippen molar-refractivity contribution >= 4 is 27.5 Å². The molecule has 7 heteroatoms. The Morgan fingerprint density at radius 3 is 2.35 bits per heavy atom. The predicted octanol–water partition coefficient (Wildman–Crippen LogP) is 4.24.